The second-order valence-corrected chi connectivity index (χ2v) is 15.0. The van der Waals surface area contributed by atoms with Crippen LogP contribution in [0.15, 0.2) is 212 Å². The van der Waals surface area contributed by atoms with Crippen LogP contribution in [0, 0.1) is 0 Å². The van der Waals surface area contributed by atoms with Crippen molar-refractivity contribution in [3.63, 3.8) is 0 Å². The van der Waals surface area contributed by atoms with Crippen molar-refractivity contribution in [1.82, 2.24) is 0 Å². The fourth-order valence-corrected chi connectivity index (χ4v) is 8.86. The van der Waals surface area contributed by atoms with E-state index in [9.17, 15) is 0 Å². The summed E-state index contributed by atoms with van der Waals surface area (Å²) >= 11 is 0. The topological polar surface area (TPSA) is 24.1 Å². The molecule has 266 valence electrons. The van der Waals surface area contributed by atoms with Gasteiger partial charge < -0.3 is 10.6 Å². The Morgan fingerprint density at radius 2 is 0.561 bits per heavy atom. The third-order valence-electron chi connectivity index (χ3n) is 11.7. The molecule has 0 atom stereocenters. The summed E-state index contributed by atoms with van der Waals surface area (Å²) in [6.07, 6.45) is 0. The van der Waals surface area contributed by atoms with Gasteiger partial charge in [-0.15, -0.1) is 0 Å². The van der Waals surface area contributed by atoms with Crippen molar-refractivity contribution in [2.45, 2.75) is 0 Å². The molecule has 2 heterocycles. The number of nitrogens with one attached hydrogen (secondary N) is 2. The molecule has 2 aliphatic heterocycles. The van der Waals surface area contributed by atoms with Gasteiger partial charge in [-0.05, 0) is 90.2 Å². The molecule has 0 aromatic heterocycles. The van der Waals surface area contributed by atoms with Crippen LogP contribution in [0.2, 0.25) is 0 Å². The van der Waals surface area contributed by atoms with E-state index in [0.717, 1.165) is 22.7 Å². The van der Waals surface area contributed by atoms with Crippen LogP contribution in [0.5, 0.6) is 0 Å². The van der Waals surface area contributed by atoms with E-state index in [4.69, 9.17) is 0 Å². The molecule has 0 fully saturated rings. The minimum absolute atomic E-state index is 0.0132. The zero-order valence-electron chi connectivity index (χ0n) is 31.3. The lowest BCUT2D eigenvalue weighted by Gasteiger charge is -2.38. The highest BCUT2D eigenvalue weighted by atomic mass is 14.9. The number of hydrogen-bond donors (Lipinski definition) is 2. The van der Waals surface area contributed by atoms with E-state index in [1.54, 1.807) is 0 Å². The normalized spacial score (nSPS) is 12.1. The molecule has 0 unspecified atom stereocenters. The van der Waals surface area contributed by atoms with Crippen LogP contribution in [0.3, 0.4) is 0 Å². The van der Waals surface area contributed by atoms with Crippen LogP contribution in [-0.2, 0) is 0 Å². The summed E-state index contributed by atoms with van der Waals surface area (Å²) in [7, 11) is 0. The quantitative estimate of drug-likeness (QED) is 0.167. The van der Waals surface area contributed by atoms with Crippen LogP contribution in [0.25, 0.3) is 66.8 Å². The highest BCUT2D eigenvalue weighted by Crippen LogP contribution is 2.44. The molecule has 9 aromatic carbocycles. The molecule has 3 heteroatoms. The standard InChI is InChI=1S/C54H37BN2/c1-5-13-36(14-6-1)40-21-25-42(26-22-40)46-35-47(43-27-23-41(24-28-43)37-15-7-2-8-16-37)54-52-53(46)56-50-31-29-44(38-17-9-3-10-18-38)33-48(50)55(52)49-34-45(30-32-51(49)57-54)39-19-11-4-12-20-39/h1-35,56-57H. The number of anilines is 4. The highest BCUT2D eigenvalue weighted by Gasteiger charge is 2.40. The average molecular weight is 725 g/mol. The van der Waals surface area contributed by atoms with Gasteiger partial charge in [-0.1, -0.05) is 194 Å². The Kier molecular flexibility index (Phi) is 7.96. The van der Waals surface area contributed by atoms with Crippen LogP contribution in [0.4, 0.5) is 22.7 Å². The maximum absolute atomic E-state index is 4.02. The summed E-state index contributed by atoms with van der Waals surface area (Å²) in [6.45, 7) is -0.0132. The van der Waals surface area contributed by atoms with Crippen molar-refractivity contribution in [3.05, 3.63) is 212 Å². The molecule has 2 N–H and O–H groups in total. The zero-order chi connectivity index (χ0) is 37.7. The van der Waals surface area contributed by atoms with Crippen molar-refractivity contribution >= 4 is 45.9 Å². The molecular formula is C54H37BN2. The van der Waals surface area contributed by atoms with Crippen molar-refractivity contribution in [2.24, 2.45) is 0 Å². The van der Waals surface area contributed by atoms with E-state index >= 15 is 0 Å². The molecule has 0 bridgehead atoms. The zero-order valence-corrected chi connectivity index (χ0v) is 31.3. The van der Waals surface area contributed by atoms with Gasteiger partial charge in [0.2, 0.25) is 0 Å². The average Bonchev–Trinajstić information content (AvgIpc) is 3.30. The van der Waals surface area contributed by atoms with Gasteiger partial charge in [0.05, 0.1) is 0 Å². The molecule has 2 nitrogen and oxygen atoms in total. The van der Waals surface area contributed by atoms with Crippen LogP contribution < -0.4 is 27.0 Å². The number of benzene rings is 9. The fraction of sp³-hybridized carbons (Fsp3) is 0. The Labute approximate surface area is 334 Å². The second-order valence-electron chi connectivity index (χ2n) is 15.0. The van der Waals surface area contributed by atoms with Gasteiger partial charge in [-0.3, -0.25) is 0 Å². The molecule has 11 rings (SSSR count). The predicted octanol–water partition coefficient (Wildman–Crippen LogP) is 12.3. The van der Waals surface area contributed by atoms with Gasteiger partial charge in [-0.2, -0.15) is 0 Å². The molecule has 2 aliphatic rings. The third-order valence-corrected chi connectivity index (χ3v) is 11.7. The van der Waals surface area contributed by atoms with Crippen molar-refractivity contribution in [1.29, 1.82) is 0 Å². The Hall–Kier alpha value is -7.36. The highest BCUT2D eigenvalue weighted by molar-refractivity contribution is 7.00. The van der Waals surface area contributed by atoms with E-state index < -0.39 is 0 Å². The van der Waals surface area contributed by atoms with E-state index in [0.29, 0.717) is 0 Å². The van der Waals surface area contributed by atoms with Crippen molar-refractivity contribution in [2.75, 3.05) is 10.6 Å². The molecule has 0 radical (unpaired) electrons. The lowest BCUT2D eigenvalue weighted by Crippen LogP contribution is -2.59. The van der Waals surface area contributed by atoms with Crippen molar-refractivity contribution < 1.29 is 0 Å². The largest absolute Gasteiger partial charge is 0.356 e. The molecule has 0 spiro atoms. The Balaban J connectivity index is 1.16. The SMILES string of the molecule is c1ccc(-c2ccc(-c3cc(-c4ccc(-c5ccccc5)cc4)c4c5c3Nc3ccc(-c6ccccc6)cc3B5c3cc(-c5ccccc5)ccc3N4)cc2)cc1. The maximum Gasteiger partial charge on any atom is 0.252 e. The van der Waals surface area contributed by atoms with Crippen LogP contribution in [0.1, 0.15) is 0 Å². The maximum atomic E-state index is 4.02. The molecule has 0 saturated carbocycles. The van der Waals surface area contributed by atoms with E-state index in [1.165, 1.54) is 83.1 Å². The Morgan fingerprint density at radius 3 is 0.930 bits per heavy atom. The summed E-state index contributed by atoms with van der Waals surface area (Å²) in [4.78, 5) is 0. The third kappa shape index (κ3) is 5.84. The first-order valence-electron chi connectivity index (χ1n) is 19.7. The van der Waals surface area contributed by atoms with Gasteiger partial charge in [-0.25, -0.2) is 0 Å². The lowest BCUT2D eigenvalue weighted by molar-refractivity contribution is 1.49. The molecule has 0 saturated heterocycles. The lowest BCUT2D eigenvalue weighted by atomic mass is 9.33. The number of fused-ring (bicyclic) bond motifs is 4. The summed E-state index contributed by atoms with van der Waals surface area (Å²) in [5.41, 5.74) is 22.8. The minimum atomic E-state index is -0.0132. The minimum Gasteiger partial charge on any atom is -0.356 e. The molecular weight excluding hydrogens is 687 g/mol. The molecule has 0 amide bonds. The van der Waals surface area contributed by atoms with E-state index in [1.807, 2.05) is 0 Å². The van der Waals surface area contributed by atoms with Gasteiger partial charge in [0.1, 0.15) is 0 Å². The number of hydrogen-bond acceptors (Lipinski definition) is 2. The fourth-order valence-electron chi connectivity index (χ4n) is 8.86. The summed E-state index contributed by atoms with van der Waals surface area (Å²) in [5.74, 6) is 0. The summed E-state index contributed by atoms with van der Waals surface area (Å²) in [6, 6.07) is 77.2. The van der Waals surface area contributed by atoms with Gasteiger partial charge in [0.15, 0.2) is 0 Å². The first-order chi connectivity index (χ1) is 28.2. The Bertz CT molecular complexity index is 2710. The van der Waals surface area contributed by atoms with Gasteiger partial charge in [0, 0.05) is 33.9 Å². The number of rotatable bonds is 6. The first-order valence-corrected chi connectivity index (χ1v) is 19.7. The monoisotopic (exact) mass is 724 g/mol. The molecule has 57 heavy (non-hydrogen) atoms. The predicted molar refractivity (Wildman–Crippen MR) is 243 cm³/mol. The van der Waals surface area contributed by atoms with Gasteiger partial charge >= 0.3 is 0 Å². The van der Waals surface area contributed by atoms with Crippen LogP contribution in [-0.4, -0.2) is 6.71 Å². The Morgan fingerprint density at radius 1 is 0.263 bits per heavy atom. The second kappa shape index (κ2) is 13.7. The van der Waals surface area contributed by atoms with Crippen molar-refractivity contribution in [3.8, 4) is 66.8 Å². The smallest absolute Gasteiger partial charge is 0.252 e. The molecule has 0 aliphatic carbocycles. The molecule has 9 aromatic rings. The summed E-state index contributed by atoms with van der Waals surface area (Å²) < 4.78 is 0. The van der Waals surface area contributed by atoms with Gasteiger partial charge in [0.25, 0.3) is 6.71 Å². The van der Waals surface area contributed by atoms with E-state index in [2.05, 4.69) is 223 Å². The first kappa shape index (κ1) is 33.0. The summed E-state index contributed by atoms with van der Waals surface area (Å²) in [5, 5.41) is 8.04. The van der Waals surface area contributed by atoms with E-state index in [-0.39, 0.29) is 6.71 Å². The van der Waals surface area contributed by atoms with Crippen LogP contribution >= 0.6 is 0 Å².